The average molecular weight is 152 g/mol. The fourth-order valence-corrected chi connectivity index (χ4v) is 2.21. The summed E-state index contributed by atoms with van der Waals surface area (Å²) < 4.78 is 5.58. The first-order valence-corrected chi connectivity index (χ1v) is 4.35. The van der Waals surface area contributed by atoms with Crippen LogP contribution in [0.1, 0.15) is 34.1 Å². The largest absolute Gasteiger partial charge is 0.497 e. The molecule has 1 nitrogen and oxygen atoms in total. The smallest absolute Gasteiger partial charge is 0.102 e. The number of allylic oxidation sites excluding steroid dienone is 1. The minimum absolute atomic E-state index is 0.277. The van der Waals surface area contributed by atoms with Crippen molar-refractivity contribution in [3.63, 3.8) is 0 Å². The number of hydrogen-bond acceptors (Lipinski definition) is 1. The van der Waals surface area contributed by atoms with E-state index < -0.39 is 0 Å². The van der Waals surface area contributed by atoms with Crippen molar-refractivity contribution in [3.05, 3.63) is 11.3 Å². The van der Waals surface area contributed by atoms with Crippen LogP contribution in [-0.4, -0.2) is 6.61 Å². The van der Waals surface area contributed by atoms with Gasteiger partial charge in [-0.2, -0.15) is 0 Å². The molecular formula is C10H16O. The molecule has 0 unspecified atom stereocenters. The standard InChI is InChI=1S/C10H16O/c1-9(2)7-5-6-11-8(7)10(9,3)4/h5-6H2,1-4H3. The van der Waals surface area contributed by atoms with Gasteiger partial charge in [0.2, 0.25) is 0 Å². The highest BCUT2D eigenvalue weighted by atomic mass is 16.5. The molecule has 0 atom stereocenters. The van der Waals surface area contributed by atoms with E-state index in [4.69, 9.17) is 4.74 Å². The van der Waals surface area contributed by atoms with Crippen molar-refractivity contribution in [2.75, 3.05) is 6.61 Å². The third kappa shape index (κ3) is 0.582. The highest BCUT2D eigenvalue weighted by molar-refractivity contribution is 5.39. The van der Waals surface area contributed by atoms with E-state index in [2.05, 4.69) is 27.7 Å². The van der Waals surface area contributed by atoms with E-state index in [0.29, 0.717) is 5.41 Å². The first kappa shape index (κ1) is 7.20. The van der Waals surface area contributed by atoms with Gasteiger partial charge in [-0.05, 0) is 5.57 Å². The molecule has 1 aliphatic heterocycles. The summed E-state index contributed by atoms with van der Waals surface area (Å²) in [5.41, 5.74) is 2.21. The van der Waals surface area contributed by atoms with E-state index >= 15 is 0 Å². The maximum Gasteiger partial charge on any atom is 0.102 e. The molecule has 0 fully saturated rings. The van der Waals surface area contributed by atoms with Crippen molar-refractivity contribution in [3.8, 4) is 0 Å². The zero-order valence-corrected chi connectivity index (χ0v) is 7.82. The second-order valence-corrected chi connectivity index (χ2v) is 4.66. The molecule has 0 amide bonds. The van der Waals surface area contributed by atoms with Crippen LogP contribution < -0.4 is 0 Å². The van der Waals surface area contributed by atoms with Crippen molar-refractivity contribution in [1.82, 2.24) is 0 Å². The lowest BCUT2D eigenvalue weighted by Gasteiger charge is -2.51. The Morgan fingerprint density at radius 3 is 2.27 bits per heavy atom. The van der Waals surface area contributed by atoms with Crippen LogP contribution in [0.15, 0.2) is 11.3 Å². The van der Waals surface area contributed by atoms with Crippen molar-refractivity contribution in [2.24, 2.45) is 10.8 Å². The molecule has 0 aromatic rings. The van der Waals surface area contributed by atoms with E-state index in [1.54, 1.807) is 5.57 Å². The van der Waals surface area contributed by atoms with Gasteiger partial charge >= 0.3 is 0 Å². The molecule has 0 spiro atoms. The van der Waals surface area contributed by atoms with E-state index in [-0.39, 0.29) is 5.41 Å². The van der Waals surface area contributed by atoms with Crippen LogP contribution in [0.3, 0.4) is 0 Å². The minimum atomic E-state index is 0.277. The number of ether oxygens (including phenoxy) is 1. The van der Waals surface area contributed by atoms with Crippen molar-refractivity contribution in [1.29, 1.82) is 0 Å². The van der Waals surface area contributed by atoms with E-state index in [1.165, 1.54) is 5.76 Å². The summed E-state index contributed by atoms with van der Waals surface area (Å²) in [6.45, 7) is 10.1. The second-order valence-electron chi connectivity index (χ2n) is 4.66. The summed E-state index contributed by atoms with van der Waals surface area (Å²) in [5, 5.41) is 0. The molecule has 0 saturated heterocycles. The second kappa shape index (κ2) is 1.65. The van der Waals surface area contributed by atoms with E-state index in [0.717, 1.165) is 13.0 Å². The summed E-state index contributed by atoms with van der Waals surface area (Å²) in [6, 6.07) is 0. The monoisotopic (exact) mass is 152 g/mol. The molecule has 2 aliphatic rings. The molecule has 0 aromatic heterocycles. The maximum atomic E-state index is 5.58. The Hall–Kier alpha value is -0.460. The molecule has 1 aliphatic carbocycles. The van der Waals surface area contributed by atoms with Crippen LogP contribution in [0.5, 0.6) is 0 Å². The van der Waals surface area contributed by atoms with Gasteiger partial charge in [-0.15, -0.1) is 0 Å². The Labute approximate surface area is 68.4 Å². The molecule has 62 valence electrons. The van der Waals surface area contributed by atoms with E-state index in [9.17, 15) is 0 Å². The Kier molecular flexibility index (Phi) is 1.08. The Bertz CT molecular complexity index is 209. The van der Waals surface area contributed by atoms with Gasteiger partial charge in [0, 0.05) is 17.3 Å². The van der Waals surface area contributed by atoms with Crippen LogP contribution >= 0.6 is 0 Å². The molecular weight excluding hydrogens is 136 g/mol. The van der Waals surface area contributed by atoms with Gasteiger partial charge in [0.05, 0.1) is 6.61 Å². The van der Waals surface area contributed by atoms with E-state index in [1.807, 2.05) is 0 Å². The Morgan fingerprint density at radius 1 is 1.09 bits per heavy atom. The molecule has 1 heterocycles. The van der Waals surface area contributed by atoms with Gasteiger partial charge in [0.1, 0.15) is 5.76 Å². The van der Waals surface area contributed by atoms with Crippen molar-refractivity contribution < 1.29 is 4.74 Å². The molecule has 11 heavy (non-hydrogen) atoms. The summed E-state index contributed by atoms with van der Waals surface area (Å²) in [7, 11) is 0. The Morgan fingerprint density at radius 2 is 1.73 bits per heavy atom. The van der Waals surface area contributed by atoms with Gasteiger partial charge in [0.15, 0.2) is 0 Å². The van der Waals surface area contributed by atoms with Crippen molar-refractivity contribution >= 4 is 0 Å². The van der Waals surface area contributed by atoms with Crippen LogP contribution in [0.2, 0.25) is 0 Å². The summed E-state index contributed by atoms with van der Waals surface area (Å²) in [5.74, 6) is 1.28. The van der Waals surface area contributed by atoms with Crippen LogP contribution in [0.25, 0.3) is 0 Å². The molecule has 0 radical (unpaired) electrons. The van der Waals surface area contributed by atoms with Crippen LogP contribution in [0.4, 0.5) is 0 Å². The van der Waals surface area contributed by atoms with Gasteiger partial charge in [-0.3, -0.25) is 0 Å². The van der Waals surface area contributed by atoms with Crippen LogP contribution in [0, 0.1) is 10.8 Å². The summed E-state index contributed by atoms with van der Waals surface area (Å²) in [4.78, 5) is 0. The highest BCUT2D eigenvalue weighted by Crippen LogP contribution is 2.63. The SMILES string of the molecule is CC1(C)C2=C(OCC2)C1(C)C. The maximum absolute atomic E-state index is 5.58. The quantitative estimate of drug-likeness (QED) is 0.518. The lowest BCUT2D eigenvalue weighted by Crippen LogP contribution is -2.44. The summed E-state index contributed by atoms with van der Waals surface area (Å²) in [6.07, 6.45) is 1.16. The third-order valence-electron chi connectivity index (χ3n) is 3.76. The molecule has 1 heteroatoms. The van der Waals surface area contributed by atoms with Crippen molar-refractivity contribution in [2.45, 2.75) is 34.1 Å². The molecule has 0 N–H and O–H groups in total. The summed E-state index contributed by atoms with van der Waals surface area (Å²) >= 11 is 0. The lowest BCUT2D eigenvalue weighted by molar-refractivity contribution is 0.0589. The van der Waals surface area contributed by atoms with Gasteiger partial charge < -0.3 is 4.74 Å². The molecule has 0 bridgehead atoms. The molecule has 2 rings (SSSR count). The molecule has 0 saturated carbocycles. The third-order valence-corrected chi connectivity index (χ3v) is 3.76. The van der Waals surface area contributed by atoms with Gasteiger partial charge in [-0.1, -0.05) is 27.7 Å². The Balaban J connectivity index is 2.44. The average Bonchev–Trinajstić information content (AvgIpc) is 2.32. The lowest BCUT2D eigenvalue weighted by atomic mass is 9.53. The normalized spacial score (nSPS) is 30.9. The number of hydrogen-bond donors (Lipinski definition) is 0. The minimum Gasteiger partial charge on any atom is -0.497 e. The first-order valence-electron chi connectivity index (χ1n) is 4.35. The zero-order valence-electron chi connectivity index (χ0n) is 7.82. The predicted molar refractivity (Wildman–Crippen MR) is 45.2 cm³/mol. The zero-order chi connectivity index (χ0) is 8.28. The first-order chi connectivity index (χ1) is 4.98. The fourth-order valence-electron chi connectivity index (χ4n) is 2.21. The van der Waals surface area contributed by atoms with Gasteiger partial charge in [0.25, 0.3) is 0 Å². The molecule has 0 aromatic carbocycles. The fraction of sp³-hybridized carbons (Fsp3) is 0.800. The predicted octanol–water partition coefficient (Wildman–Crippen LogP) is 2.73. The number of rotatable bonds is 0. The van der Waals surface area contributed by atoms with Crippen LogP contribution in [-0.2, 0) is 4.74 Å². The topological polar surface area (TPSA) is 9.23 Å². The highest BCUT2D eigenvalue weighted by Gasteiger charge is 2.56. The van der Waals surface area contributed by atoms with Gasteiger partial charge in [-0.25, -0.2) is 0 Å².